The van der Waals surface area contributed by atoms with Crippen LogP contribution in [0.2, 0.25) is 0 Å². The number of amides is 1. The van der Waals surface area contributed by atoms with Gasteiger partial charge in [0, 0.05) is 34.4 Å². The Balaban J connectivity index is 1.59. The first-order valence-electron chi connectivity index (χ1n) is 9.47. The molecule has 26 heavy (non-hydrogen) atoms. The molecule has 0 atom stereocenters. The Morgan fingerprint density at radius 2 is 2.00 bits per heavy atom. The van der Waals surface area contributed by atoms with E-state index in [-0.39, 0.29) is 11.5 Å². The van der Waals surface area contributed by atoms with Crippen molar-refractivity contribution in [2.45, 2.75) is 6.85 Å². The highest BCUT2D eigenvalue weighted by atomic mass is 16.1. The zero-order valence-electron chi connectivity index (χ0n) is 17.0. The van der Waals surface area contributed by atoms with Crippen molar-refractivity contribution in [3.05, 3.63) is 72.3 Å². The summed E-state index contributed by atoms with van der Waals surface area (Å²) in [5.74, 6) is -0.0196. The Bertz CT molecular complexity index is 1200. The summed E-state index contributed by atoms with van der Waals surface area (Å²) < 4.78 is 24.1. The molecule has 4 rings (SSSR count). The first-order valence-corrected chi connectivity index (χ1v) is 7.97. The minimum atomic E-state index is -2.20. The monoisotopic (exact) mass is 346 g/mol. The lowest BCUT2D eigenvalue weighted by molar-refractivity contribution is 0.102. The summed E-state index contributed by atoms with van der Waals surface area (Å²) in [4.78, 5) is 25.5. The van der Waals surface area contributed by atoms with Crippen LogP contribution in [0.25, 0.3) is 22.3 Å². The highest BCUT2D eigenvalue weighted by Crippen LogP contribution is 2.21. The molecule has 0 spiro atoms. The van der Waals surface area contributed by atoms with Crippen molar-refractivity contribution in [3.63, 3.8) is 0 Å². The van der Waals surface area contributed by atoms with Gasteiger partial charge < -0.3 is 9.88 Å². The molecule has 0 aliphatic carbocycles. The number of anilines is 1. The Kier molecular flexibility index (Phi) is 3.14. The van der Waals surface area contributed by atoms with E-state index in [1.807, 2.05) is 23.7 Å². The standard InChI is InChI=1S/C20H17N5O/c1-13-3-5-14(6-4-13)20(26)24-19-9-17-15(10-22-19)7-8-16(23-17)18-11-21-12-25(18)2/h3-12H,1-2H3,(H,22,24,26)/i1D3. The predicted octanol–water partition coefficient (Wildman–Crippen LogP) is 3.59. The van der Waals surface area contributed by atoms with Crippen LogP contribution in [0.4, 0.5) is 5.82 Å². The van der Waals surface area contributed by atoms with E-state index in [1.54, 1.807) is 24.8 Å². The molecular formula is C20H17N5O. The predicted molar refractivity (Wildman–Crippen MR) is 101 cm³/mol. The topological polar surface area (TPSA) is 72.7 Å². The maximum absolute atomic E-state index is 12.5. The number of hydrogen-bond donors (Lipinski definition) is 1. The average molecular weight is 346 g/mol. The molecule has 1 N–H and O–H groups in total. The minimum absolute atomic E-state index is 0.185. The SMILES string of the molecule is [2H]C([2H])([2H])c1ccc(C(=O)Nc2cc3nc(-c4cncn4C)ccc3cn2)cc1. The number of benzene rings is 1. The van der Waals surface area contributed by atoms with Gasteiger partial charge in [-0.3, -0.25) is 4.79 Å². The zero-order chi connectivity index (χ0) is 20.6. The van der Waals surface area contributed by atoms with Gasteiger partial charge in [0.2, 0.25) is 0 Å². The van der Waals surface area contributed by atoms with Crippen LogP contribution >= 0.6 is 0 Å². The zero-order valence-corrected chi connectivity index (χ0v) is 14.0. The molecule has 4 aromatic rings. The normalized spacial score (nSPS) is 13.0. The summed E-state index contributed by atoms with van der Waals surface area (Å²) in [6.07, 6.45) is 5.08. The molecule has 0 saturated heterocycles. The minimum Gasteiger partial charge on any atom is -0.332 e. The Hall–Kier alpha value is -3.54. The van der Waals surface area contributed by atoms with Gasteiger partial charge in [0.1, 0.15) is 5.82 Å². The van der Waals surface area contributed by atoms with Crippen molar-refractivity contribution in [2.75, 3.05) is 5.32 Å². The van der Waals surface area contributed by atoms with Gasteiger partial charge in [-0.1, -0.05) is 17.7 Å². The van der Waals surface area contributed by atoms with Crippen molar-refractivity contribution in [3.8, 4) is 11.4 Å². The molecule has 0 saturated carbocycles. The number of nitrogens with one attached hydrogen (secondary N) is 1. The largest absolute Gasteiger partial charge is 0.332 e. The number of carbonyl (C=O) groups excluding carboxylic acids is 1. The second-order valence-corrected chi connectivity index (χ2v) is 5.88. The van der Waals surface area contributed by atoms with Crippen molar-refractivity contribution in [2.24, 2.45) is 7.05 Å². The number of hydrogen-bond acceptors (Lipinski definition) is 4. The van der Waals surface area contributed by atoms with Crippen LogP contribution in [0.3, 0.4) is 0 Å². The molecule has 1 aromatic carbocycles. The Morgan fingerprint density at radius 3 is 2.73 bits per heavy atom. The average Bonchev–Trinajstić information content (AvgIpc) is 3.13. The number of fused-ring (bicyclic) bond motifs is 1. The molecule has 3 aromatic heterocycles. The fraction of sp³-hybridized carbons (Fsp3) is 0.100. The van der Waals surface area contributed by atoms with Crippen molar-refractivity contribution in [1.82, 2.24) is 19.5 Å². The number of nitrogens with zero attached hydrogens (tertiary/aromatic N) is 4. The van der Waals surface area contributed by atoms with Gasteiger partial charge in [-0.2, -0.15) is 0 Å². The third kappa shape index (κ3) is 3.04. The van der Waals surface area contributed by atoms with Crippen molar-refractivity contribution in [1.29, 1.82) is 0 Å². The summed E-state index contributed by atoms with van der Waals surface area (Å²) in [6.45, 7) is -2.20. The lowest BCUT2D eigenvalue weighted by Crippen LogP contribution is -2.12. The van der Waals surface area contributed by atoms with Crippen LogP contribution in [-0.2, 0) is 7.05 Å². The number of pyridine rings is 2. The van der Waals surface area contributed by atoms with Crippen molar-refractivity contribution < 1.29 is 8.91 Å². The maximum atomic E-state index is 12.5. The first-order chi connectivity index (χ1) is 13.8. The summed E-state index contributed by atoms with van der Waals surface area (Å²) in [5, 5.41) is 3.57. The first kappa shape index (κ1) is 12.8. The van der Waals surface area contributed by atoms with Crippen LogP contribution in [-0.4, -0.2) is 25.4 Å². The summed E-state index contributed by atoms with van der Waals surface area (Å²) >= 11 is 0. The third-order valence-electron chi connectivity index (χ3n) is 4.04. The molecule has 6 nitrogen and oxygen atoms in total. The van der Waals surface area contributed by atoms with Crippen LogP contribution in [0.1, 0.15) is 20.0 Å². The summed E-state index contributed by atoms with van der Waals surface area (Å²) in [5.41, 5.74) is 2.86. The molecule has 0 bridgehead atoms. The lowest BCUT2D eigenvalue weighted by atomic mass is 10.1. The number of aryl methyl sites for hydroxylation is 2. The molecule has 3 heterocycles. The molecule has 0 radical (unpaired) electrons. The maximum Gasteiger partial charge on any atom is 0.256 e. The lowest BCUT2D eigenvalue weighted by Gasteiger charge is -2.07. The van der Waals surface area contributed by atoms with E-state index in [9.17, 15) is 4.79 Å². The highest BCUT2D eigenvalue weighted by Gasteiger charge is 2.09. The summed E-state index contributed by atoms with van der Waals surface area (Å²) in [7, 11) is 1.89. The van der Waals surface area contributed by atoms with Gasteiger partial charge in [-0.05, 0) is 31.1 Å². The highest BCUT2D eigenvalue weighted by molar-refractivity contribution is 6.04. The van der Waals surface area contributed by atoms with E-state index < -0.39 is 6.85 Å². The van der Waals surface area contributed by atoms with Crippen LogP contribution in [0, 0.1) is 6.85 Å². The molecule has 0 unspecified atom stereocenters. The van der Waals surface area contributed by atoms with E-state index in [0.29, 0.717) is 16.9 Å². The Morgan fingerprint density at radius 1 is 1.15 bits per heavy atom. The molecule has 0 aliphatic rings. The molecule has 1 amide bonds. The molecule has 128 valence electrons. The van der Waals surface area contributed by atoms with Gasteiger partial charge in [0.15, 0.2) is 0 Å². The van der Waals surface area contributed by atoms with Gasteiger partial charge in [0.05, 0.1) is 29.4 Å². The third-order valence-corrected chi connectivity index (χ3v) is 4.04. The van der Waals surface area contributed by atoms with E-state index in [2.05, 4.69) is 20.3 Å². The molecule has 6 heteroatoms. The quantitative estimate of drug-likeness (QED) is 0.615. The second kappa shape index (κ2) is 6.40. The van der Waals surface area contributed by atoms with E-state index >= 15 is 0 Å². The van der Waals surface area contributed by atoms with Crippen LogP contribution in [0.5, 0.6) is 0 Å². The number of rotatable bonds is 3. The number of carbonyl (C=O) groups is 1. The second-order valence-electron chi connectivity index (χ2n) is 5.88. The van der Waals surface area contributed by atoms with Gasteiger partial charge in [-0.25, -0.2) is 15.0 Å². The van der Waals surface area contributed by atoms with Crippen LogP contribution in [0.15, 0.2) is 61.2 Å². The van der Waals surface area contributed by atoms with Gasteiger partial charge in [0.25, 0.3) is 5.91 Å². The number of aromatic nitrogens is 4. The van der Waals surface area contributed by atoms with E-state index in [0.717, 1.165) is 16.8 Å². The smallest absolute Gasteiger partial charge is 0.256 e. The van der Waals surface area contributed by atoms with E-state index in [1.165, 1.54) is 24.3 Å². The fourth-order valence-corrected chi connectivity index (χ4v) is 2.64. The van der Waals surface area contributed by atoms with Gasteiger partial charge in [-0.15, -0.1) is 0 Å². The van der Waals surface area contributed by atoms with E-state index in [4.69, 9.17) is 4.11 Å². The fourth-order valence-electron chi connectivity index (χ4n) is 2.64. The van der Waals surface area contributed by atoms with Crippen molar-refractivity contribution >= 4 is 22.6 Å². The molecule has 0 aliphatic heterocycles. The number of imidazole rings is 1. The summed E-state index contributed by atoms with van der Waals surface area (Å²) in [6, 6.07) is 11.3. The molecule has 0 fully saturated rings. The van der Waals surface area contributed by atoms with Crippen LogP contribution < -0.4 is 5.32 Å². The van der Waals surface area contributed by atoms with Gasteiger partial charge >= 0.3 is 0 Å². The molecular weight excluding hydrogens is 326 g/mol. The Labute approximate surface area is 154 Å².